The topological polar surface area (TPSA) is 144 Å². The molecule has 43 heavy (non-hydrogen) atoms. The van der Waals surface area contributed by atoms with Gasteiger partial charge in [-0.1, -0.05) is 32.0 Å². The first-order chi connectivity index (χ1) is 20.7. The lowest BCUT2D eigenvalue weighted by molar-refractivity contribution is -0.130. The average Bonchev–Trinajstić information content (AvgIpc) is 2.99. The Morgan fingerprint density at radius 3 is 2.63 bits per heavy atom. The maximum Gasteiger partial charge on any atom is 0.255 e. The number of nitrogens with one attached hydrogen (secondary N) is 4. The van der Waals surface area contributed by atoms with Crippen molar-refractivity contribution in [1.82, 2.24) is 21.3 Å². The van der Waals surface area contributed by atoms with Gasteiger partial charge in [-0.2, -0.15) is 0 Å². The summed E-state index contributed by atoms with van der Waals surface area (Å²) in [5.41, 5.74) is 1.31. The molecule has 3 rings (SSSR count). The van der Waals surface area contributed by atoms with Gasteiger partial charge >= 0.3 is 0 Å². The zero-order valence-electron chi connectivity index (χ0n) is 25.5. The molecule has 0 bridgehead atoms. The first-order valence-electron chi connectivity index (χ1n) is 14.9. The lowest BCUT2D eigenvalue weighted by Crippen LogP contribution is -2.51. The van der Waals surface area contributed by atoms with Gasteiger partial charge in [-0.15, -0.1) is 0 Å². The van der Waals surface area contributed by atoms with E-state index >= 15 is 0 Å². The summed E-state index contributed by atoms with van der Waals surface area (Å²) >= 11 is 0. The van der Waals surface area contributed by atoms with Gasteiger partial charge in [0, 0.05) is 19.5 Å². The number of ether oxygens (including phenoxy) is 3. The van der Waals surface area contributed by atoms with E-state index in [9.17, 15) is 19.2 Å². The summed E-state index contributed by atoms with van der Waals surface area (Å²) in [5.74, 6) is 0.0400. The highest BCUT2D eigenvalue weighted by molar-refractivity contribution is 5.99. The van der Waals surface area contributed by atoms with Crippen molar-refractivity contribution in [3.63, 3.8) is 0 Å². The molecule has 0 aliphatic carbocycles. The van der Waals surface area contributed by atoms with Crippen molar-refractivity contribution in [2.24, 2.45) is 5.92 Å². The first kappa shape index (κ1) is 33.2. The SMILES string of the molecule is CCOc1ccc(CCCNC(=O)[C@@H]2CCC(=O)NC(C(C)C)C(=O)NCCCOc3ccccc3C(=O)N2)cc1OC. The maximum absolute atomic E-state index is 13.3. The summed E-state index contributed by atoms with van der Waals surface area (Å²) in [6.07, 6.45) is 1.83. The number of aryl methyl sites for hydroxylation is 1. The van der Waals surface area contributed by atoms with Crippen LogP contribution in [0.1, 0.15) is 62.4 Å². The van der Waals surface area contributed by atoms with E-state index in [1.165, 1.54) is 0 Å². The second kappa shape index (κ2) is 17.0. The number of rotatable bonds is 9. The van der Waals surface area contributed by atoms with E-state index in [2.05, 4.69) is 21.3 Å². The van der Waals surface area contributed by atoms with Crippen molar-refractivity contribution in [3.8, 4) is 17.2 Å². The smallest absolute Gasteiger partial charge is 0.255 e. The molecule has 0 radical (unpaired) electrons. The Kier molecular flexibility index (Phi) is 13.1. The summed E-state index contributed by atoms with van der Waals surface area (Å²) in [5, 5.41) is 11.3. The predicted molar refractivity (Wildman–Crippen MR) is 162 cm³/mol. The van der Waals surface area contributed by atoms with Crippen LogP contribution in [0.15, 0.2) is 42.5 Å². The molecule has 4 amide bonds. The molecule has 11 nitrogen and oxygen atoms in total. The van der Waals surface area contributed by atoms with E-state index in [0.29, 0.717) is 56.2 Å². The highest BCUT2D eigenvalue weighted by Gasteiger charge is 2.27. The van der Waals surface area contributed by atoms with Gasteiger partial charge in [-0.05, 0) is 68.4 Å². The van der Waals surface area contributed by atoms with E-state index in [4.69, 9.17) is 14.2 Å². The Hall–Kier alpha value is -4.28. The molecule has 0 aromatic heterocycles. The summed E-state index contributed by atoms with van der Waals surface area (Å²) in [6, 6.07) is 10.8. The van der Waals surface area contributed by atoms with Crippen molar-refractivity contribution in [3.05, 3.63) is 53.6 Å². The van der Waals surface area contributed by atoms with Gasteiger partial charge < -0.3 is 35.5 Å². The minimum Gasteiger partial charge on any atom is -0.493 e. The van der Waals surface area contributed by atoms with Crippen LogP contribution in [0.25, 0.3) is 0 Å². The highest BCUT2D eigenvalue weighted by atomic mass is 16.5. The molecular formula is C32H44N4O7. The molecule has 2 aromatic rings. The van der Waals surface area contributed by atoms with Crippen LogP contribution >= 0.6 is 0 Å². The van der Waals surface area contributed by atoms with Crippen LogP contribution in [0, 0.1) is 5.92 Å². The molecule has 1 heterocycles. The molecule has 1 aliphatic heterocycles. The molecule has 0 fully saturated rings. The third kappa shape index (κ3) is 10.2. The third-order valence-electron chi connectivity index (χ3n) is 7.03. The Bertz CT molecular complexity index is 1250. The van der Waals surface area contributed by atoms with E-state index in [-0.39, 0.29) is 42.7 Å². The largest absolute Gasteiger partial charge is 0.493 e. The molecule has 1 unspecified atom stereocenters. The van der Waals surface area contributed by atoms with Crippen LogP contribution in [0.2, 0.25) is 0 Å². The number of hydrogen-bond acceptors (Lipinski definition) is 7. The average molecular weight is 597 g/mol. The van der Waals surface area contributed by atoms with Crippen molar-refractivity contribution < 1.29 is 33.4 Å². The lowest BCUT2D eigenvalue weighted by Gasteiger charge is -2.23. The zero-order chi connectivity index (χ0) is 31.2. The number of fused-ring (bicyclic) bond motifs is 1. The second-order valence-corrected chi connectivity index (χ2v) is 10.7. The van der Waals surface area contributed by atoms with Crippen LogP contribution in [0.4, 0.5) is 0 Å². The lowest BCUT2D eigenvalue weighted by atomic mass is 10.0. The normalized spacial score (nSPS) is 18.4. The van der Waals surface area contributed by atoms with Gasteiger partial charge in [0.2, 0.25) is 17.7 Å². The molecule has 1 aliphatic rings. The van der Waals surface area contributed by atoms with Gasteiger partial charge in [0.25, 0.3) is 5.91 Å². The number of benzene rings is 2. The van der Waals surface area contributed by atoms with Gasteiger partial charge in [0.1, 0.15) is 17.8 Å². The minimum atomic E-state index is -0.976. The maximum atomic E-state index is 13.3. The highest BCUT2D eigenvalue weighted by Crippen LogP contribution is 2.28. The van der Waals surface area contributed by atoms with Crippen molar-refractivity contribution >= 4 is 23.6 Å². The molecule has 0 spiro atoms. The fraction of sp³-hybridized carbons (Fsp3) is 0.500. The number of amides is 4. The van der Waals surface area contributed by atoms with Crippen LogP contribution in [-0.4, -0.2) is 69.1 Å². The summed E-state index contributed by atoms with van der Waals surface area (Å²) in [4.78, 5) is 52.1. The number of carbonyl (C=O) groups is 4. The zero-order valence-corrected chi connectivity index (χ0v) is 25.5. The van der Waals surface area contributed by atoms with Crippen LogP contribution in [0.3, 0.4) is 0 Å². The third-order valence-corrected chi connectivity index (χ3v) is 7.03. The van der Waals surface area contributed by atoms with Crippen LogP contribution in [-0.2, 0) is 20.8 Å². The number of carbonyl (C=O) groups excluding carboxylic acids is 4. The Morgan fingerprint density at radius 2 is 1.88 bits per heavy atom. The van der Waals surface area contributed by atoms with Crippen LogP contribution in [0.5, 0.6) is 17.2 Å². The summed E-state index contributed by atoms with van der Waals surface area (Å²) in [7, 11) is 1.59. The first-order valence-corrected chi connectivity index (χ1v) is 14.9. The van der Waals surface area contributed by atoms with E-state index < -0.39 is 23.9 Å². The Morgan fingerprint density at radius 1 is 1.09 bits per heavy atom. The molecule has 11 heteroatoms. The summed E-state index contributed by atoms with van der Waals surface area (Å²) in [6.45, 7) is 7.14. The Labute approximate surface area is 253 Å². The summed E-state index contributed by atoms with van der Waals surface area (Å²) < 4.78 is 16.8. The molecular weight excluding hydrogens is 552 g/mol. The quantitative estimate of drug-likeness (QED) is 0.326. The van der Waals surface area contributed by atoms with E-state index in [1.54, 1.807) is 31.4 Å². The number of hydrogen-bond donors (Lipinski definition) is 4. The molecule has 4 N–H and O–H groups in total. The van der Waals surface area contributed by atoms with Gasteiger partial charge in [0.15, 0.2) is 11.5 Å². The molecule has 2 atom stereocenters. The fourth-order valence-corrected chi connectivity index (χ4v) is 4.69. The minimum absolute atomic E-state index is 0.0506. The van der Waals surface area contributed by atoms with E-state index in [1.807, 2.05) is 39.0 Å². The molecule has 0 saturated carbocycles. The number of para-hydroxylation sites is 1. The predicted octanol–water partition coefficient (Wildman–Crippen LogP) is 2.76. The van der Waals surface area contributed by atoms with Crippen molar-refractivity contribution in [2.45, 2.75) is 65.0 Å². The van der Waals surface area contributed by atoms with Gasteiger partial charge in [-0.25, -0.2) is 0 Å². The Balaban J connectivity index is 1.69. The molecule has 2 aromatic carbocycles. The monoisotopic (exact) mass is 596 g/mol. The molecule has 0 saturated heterocycles. The van der Waals surface area contributed by atoms with Crippen molar-refractivity contribution in [1.29, 1.82) is 0 Å². The van der Waals surface area contributed by atoms with Crippen LogP contribution < -0.4 is 35.5 Å². The van der Waals surface area contributed by atoms with Gasteiger partial charge in [0.05, 0.1) is 25.9 Å². The second-order valence-electron chi connectivity index (χ2n) is 10.7. The fourth-order valence-electron chi connectivity index (χ4n) is 4.69. The number of methoxy groups -OCH3 is 1. The van der Waals surface area contributed by atoms with E-state index in [0.717, 1.165) is 5.56 Å². The van der Waals surface area contributed by atoms with Crippen molar-refractivity contribution in [2.75, 3.05) is 33.4 Å². The van der Waals surface area contributed by atoms with Gasteiger partial charge in [-0.3, -0.25) is 19.2 Å². The standard InChI is InChI=1S/C32H44N4O7/c1-5-42-26-15-13-22(20-27(26)41-4)10-8-17-33-31(39)24-14-16-28(37)36-29(21(2)3)32(40)34-18-9-19-43-25-12-7-6-11-23(25)30(38)35-24/h6-7,11-13,15,20-21,24,29H,5,8-10,14,16-19H2,1-4H3,(H,33,39)(H,34,40)(H,35,38)(H,36,37)/t24-,29?/m0/s1. The molecule has 234 valence electrons.